The fraction of sp³-hybridized carbons (Fsp3) is 0.211. The first-order chi connectivity index (χ1) is 12.9. The highest BCUT2D eigenvalue weighted by Crippen LogP contribution is 2.32. The van der Waals surface area contributed by atoms with E-state index >= 15 is 0 Å². The summed E-state index contributed by atoms with van der Waals surface area (Å²) in [5.74, 6) is 0.746. The smallest absolute Gasteiger partial charge is 0.285 e. The first kappa shape index (κ1) is 19.0. The molecule has 1 saturated heterocycles. The summed E-state index contributed by atoms with van der Waals surface area (Å²) in [7, 11) is 3.29. The second-order valence-electron chi connectivity index (χ2n) is 6.34. The fourth-order valence-corrected chi connectivity index (χ4v) is 3.67. The molecule has 1 unspecified atom stereocenters. The number of hydrogen-bond acceptors (Lipinski definition) is 6. The number of methoxy groups -OCH3 is 1. The maximum Gasteiger partial charge on any atom is 0.285 e. The zero-order valence-corrected chi connectivity index (χ0v) is 15.8. The molecule has 1 aliphatic rings. The van der Waals surface area contributed by atoms with Crippen molar-refractivity contribution in [1.82, 2.24) is 5.32 Å². The predicted molar refractivity (Wildman–Crippen MR) is 105 cm³/mol. The third-order valence-electron chi connectivity index (χ3n) is 4.24. The first-order valence-corrected chi connectivity index (χ1v) is 9.15. The van der Waals surface area contributed by atoms with Gasteiger partial charge in [-0.3, -0.25) is 19.7 Å². The van der Waals surface area contributed by atoms with E-state index in [2.05, 4.69) is 5.32 Å². The van der Waals surface area contributed by atoms with Crippen LogP contribution in [0, 0.1) is 0 Å². The summed E-state index contributed by atoms with van der Waals surface area (Å²) in [6.45, 7) is -0.0863. The number of carbonyl (C=O) groups is 3. The van der Waals surface area contributed by atoms with Crippen LogP contribution in [-0.4, -0.2) is 43.1 Å². The second kappa shape index (κ2) is 7.88. The van der Waals surface area contributed by atoms with E-state index in [1.165, 1.54) is 0 Å². The molecule has 1 N–H and O–H groups in total. The van der Waals surface area contributed by atoms with Crippen LogP contribution in [0.15, 0.2) is 48.5 Å². The van der Waals surface area contributed by atoms with Gasteiger partial charge in [0.2, 0.25) is 5.91 Å². The summed E-state index contributed by atoms with van der Waals surface area (Å²) in [5.41, 5.74) is 1.43. The average molecular weight is 383 g/mol. The largest absolute Gasteiger partial charge is 0.497 e. The SMILES string of the molecule is BC1(Cc2ccc(OCC(=O)c3cccc(OC)c3)cc2)SC(=O)NC1=O. The number of benzene rings is 2. The van der Waals surface area contributed by atoms with E-state index < -0.39 is 4.65 Å². The van der Waals surface area contributed by atoms with Crippen LogP contribution >= 0.6 is 11.8 Å². The van der Waals surface area contributed by atoms with Gasteiger partial charge < -0.3 is 9.47 Å². The lowest BCUT2D eigenvalue weighted by Gasteiger charge is -2.18. The van der Waals surface area contributed by atoms with Gasteiger partial charge in [0.15, 0.2) is 12.4 Å². The van der Waals surface area contributed by atoms with E-state index in [9.17, 15) is 14.4 Å². The monoisotopic (exact) mass is 383 g/mol. The first-order valence-electron chi connectivity index (χ1n) is 8.33. The molecular formula is C19H18BNO5S. The van der Waals surface area contributed by atoms with Crippen molar-refractivity contribution in [3.05, 3.63) is 59.7 Å². The Bertz CT molecular complexity index is 886. The number of thioether (sulfide) groups is 1. The standard InChI is InChI=1S/C19H18BNO5S/c1-25-15-4-2-3-13(9-15)16(22)11-26-14-7-5-12(6-8-14)10-19(20)17(23)21-18(24)27-19/h2-9H,10-11,20H2,1H3,(H,21,23,24). The molecule has 1 aliphatic heterocycles. The Morgan fingerprint density at radius 1 is 1.15 bits per heavy atom. The van der Waals surface area contributed by atoms with Crippen LogP contribution < -0.4 is 14.8 Å². The molecule has 27 heavy (non-hydrogen) atoms. The number of carbonyl (C=O) groups excluding carboxylic acids is 3. The van der Waals surface area contributed by atoms with Crippen molar-refractivity contribution in [2.24, 2.45) is 0 Å². The number of imide groups is 1. The topological polar surface area (TPSA) is 81.7 Å². The van der Waals surface area contributed by atoms with Gasteiger partial charge in [-0.15, -0.1) is 0 Å². The van der Waals surface area contributed by atoms with Crippen molar-refractivity contribution in [2.45, 2.75) is 11.1 Å². The van der Waals surface area contributed by atoms with Crippen molar-refractivity contribution in [1.29, 1.82) is 0 Å². The number of amides is 2. The van der Waals surface area contributed by atoms with Crippen molar-refractivity contribution < 1.29 is 23.9 Å². The van der Waals surface area contributed by atoms with Crippen LogP contribution in [0.3, 0.4) is 0 Å². The van der Waals surface area contributed by atoms with Gasteiger partial charge in [0.05, 0.1) is 11.8 Å². The molecule has 1 heterocycles. The highest BCUT2D eigenvalue weighted by Gasteiger charge is 2.43. The van der Waals surface area contributed by atoms with Gasteiger partial charge in [-0.05, 0) is 36.2 Å². The van der Waals surface area contributed by atoms with Gasteiger partial charge in [0, 0.05) is 5.56 Å². The van der Waals surface area contributed by atoms with Gasteiger partial charge in [-0.1, -0.05) is 36.0 Å². The maximum absolute atomic E-state index is 12.2. The van der Waals surface area contributed by atoms with Crippen LogP contribution in [0.1, 0.15) is 15.9 Å². The maximum atomic E-state index is 12.2. The summed E-state index contributed by atoms with van der Waals surface area (Å²) in [6.07, 6.45) is 0.429. The molecule has 2 aromatic rings. The van der Waals surface area contributed by atoms with Crippen molar-refractivity contribution >= 4 is 36.5 Å². The molecule has 1 fully saturated rings. The van der Waals surface area contributed by atoms with E-state index in [0.29, 0.717) is 23.5 Å². The van der Waals surface area contributed by atoms with Gasteiger partial charge in [-0.2, -0.15) is 0 Å². The highest BCUT2D eigenvalue weighted by atomic mass is 32.2. The number of hydrogen-bond donors (Lipinski definition) is 1. The van der Waals surface area contributed by atoms with E-state index in [0.717, 1.165) is 17.3 Å². The quantitative estimate of drug-likeness (QED) is 0.580. The molecule has 6 nitrogen and oxygen atoms in total. The van der Waals surface area contributed by atoms with E-state index in [1.807, 2.05) is 12.1 Å². The Morgan fingerprint density at radius 3 is 2.52 bits per heavy atom. The third-order valence-corrected chi connectivity index (χ3v) is 5.31. The summed E-state index contributed by atoms with van der Waals surface area (Å²) < 4.78 is 9.86. The predicted octanol–water partition coefficient (Wildman–Crippen LogP) is 1.81. The lowest BCUT2D eigenvalue weighted by atomic mass is 9.80. The van der Waals surface area contributed by atoms with E-state index in [4.69, 9.17) is 9.47 Å². The molecule has 8 heteroatoms. The Balaban J connectivity index is 1.58. The van der Waals surface area contributed by atoms with Gasteiger partial charge in [-0.25, -0.2) is 0 Å². The minimum atomic E-state index is -0.804. The summed E-state index contributed by atoms with van der Waals surface area (Å²) in [5, 5.41) is 1.99. The summed E-state index contributed by atoms with van der Waals surface area (Å²) in [4.78, 5) is 35.5. The van der Waals surface area contributed by atoms with Crippen LogP contribution in [0.25, 0.3) is 0 Å². The van der Waals surface area contributed by atoms with Crippen LogP contribution in [0.2, 0.25) is 0 Å². The molecule has 0 aliphatic carbocycles. The molecule has 1 atom stereocenters. The molecule has 0 saturated carbocycles. The molecule has 0 radical (unpaired) electrons. The Morgan fingerprint density at radius 2 is 1.89 bits per heavy atom. The molecule has 138 valence electrons. The molecular weight excluding hydrogens is 365 g/mol. The zero-order chi connectivity index (χ0) is 19.4. The van der Waals surface area contributed by atoms with Gasteiger partial charge >= 0.3 is 0 Å². The third kappa shape index (κ3) is 4.52. The van der Waals surface area contributed by atoms with E-state index in [-0.39, 0.29) is 23.5 Å². The lowest BCUT2D eigenvalue weighted by molar-refractivity contribution is -0.119. The van der Waals surface area contributed by atoms with Crippen LogP contribution in [-0.2, 0) is 11.2 Å². The fourth-order valence-electron chi connectivity index (χ4n) is 2.74. The zero-order valence-electron chi connectivity index (χ0n) is 15.0. The minimum Gasteiger partial charge on any atom is -0.497 e. The van der Waals surface area contributed by atoms with Crippen molar-refractivity contribution in [3.8, 4) is 11.5 Å². The van der Waals surface area contributed by atoms with Gasteiger partial charge in [0.1, 0.15) is 19.3 Å². The number of Topliss-reactive ketones (excluding diaryl/α,β-unsaturated/α-hetero) is 1. The molecule has 2 aromatic carbocycles. The molecule has 0 bridgehead atoms. The Kier molecular flexibility index (Phi) is 5.55. The number of ether oxygens (including phenoxy) is 2. The summed E-state index contributed by atoms with van der Waals surface area (Å²) >= 11 is 1.00. The number of nitrogens with one attached hydrogen (secondary N) is 1. The van der Waals surface area contributed by atoms with Crippen LogP contribution in [0.4, 0.5) is 4.79 Å². The lowest BCUT2D eigenvalue weighted by Crippen LogP contribution is -2.38. The summed E-state index contributed by atoms with van der Waals surface area (Å²) in [6, 6.07) is 14.1. The number of rotatable bonds is 7. The average Bonchev–Trinajstić information content (AvgIpc) is 2.92. The number of ketones is 1. The molecule has 3 rings (SSSR count). The second-order valence-corrected chi connectivity index (χ2v) is 7.81. The Hall–Kier alpha value is -2.74. The highest BCUT2D eigenvalue weighted by molar-refractivity contribution is 8.17. The Labute approximate surface area is 162 Å². The van der Waals surface area contributed by atoms with Crippen molar-refractivity contribution in [2.75, 3.05) is 13.7 Å². The molecule has 2 amide bonds. The molecule has 0 aromatic heterocycles. The normalized spacial score (nSPS) is 18.9. The minimum absolute atomic E-state index is 0.0863. The van der Waals surface area contributed by atoms with Crippen LogP contribution in [0.5, 0.6) is 11.5 Å². The van der Waals surface area contributed by atoms with Gasteiger partial charge in [0.25, 0.3) is 5.24 Å². The van der Waals surface area contributed by atoms with E-state index in [1.54, 1.807) is 51.4 Å². The molecule has 0 spiro atoms. The van der Waals surface area contributed by atoms with Crippen molar-refractivity contribution in [3.63, 3.8) is 0 Å².